The first-order chi connectivity index (χ1) is 21.2. The van der Waals surface area contributed by atoms with Gasteiger partial charge in [0.1, 0.15) is 11.9 Å². The van der Waals surface area contributed by atoms with Crippen molar-refractivity contribution >= 4 is 17.6 Å². The van der Waals surface area contributed by atoms with Gasteiger partial charge < -0.3 is 14.2 Å². The standard InChI is InChI=1S/C34H39F6NO5/c1-19-28(21-13-23(33(35,36)37)15-24(14-21)34(38,39)40)46-30(43)41(19)18-22-17-31(2,3)11-10-25(22)26-12-20(8-9-27(26)44-6)16-32(4,5)29(42)45-7/h8-9,12-15,19,28H,10-11,16-18H2,1-7H3/t19-,28-/m0/s1. The van der Waals surface area contributed by atoms with E-state index < -0.39 is 47.1 Å². The highest BCUT2D eigenvalue weighted by Crippen LogP contribution is 2.47. The molecular formula is C34H39F6NO5. The lowest BCUT2D eigenvalue weighted by atomic mass is 9.72. The molecule has 6 nitrogen and oxygen atoms in total. The highest BCUT2D eigenvalue weighted by molar-refractivity contribution is 5.78. The van der Waals surface area contributed by atoms with Gasteiger partial charge in [-0.25, -0.2) is 4.79 Å². The van der Waals surface area contributed by atoms with Gasteiger partial charge in [0.25, 0.3) is 0 Å². The van der Waals surface area contributed by atoms with Crippen LogP contribution < -0.4 is 4.74 Å². The van der Waals surface area contributed by atoms with Gasteiger partial charge in [0.05, 0.1) is 36.8 Å². The van der Waals surface area contributed by atoms with Crippen molar-refractivity contribution < 1.29 is 50.1 Å². The highest BCUT2D eigenvalue weighted by Gasteiger charge is 2.44. The van der Waals surface area contributed by atoms with Crippen LogP contribution in [0.3, 0.4) is 0 Å². The molecule has 1 aliphatic heterocycles. The predicted octanol–water partition coefficient (Wildman–Crippen LogP) is 9.02. The van der Waals surface area contributed by atoms with Crippen LogP contribution in [0, 0.1) is 10.8 Å². The Morgan fingerprint density at radius 3 is 2.15 bits per heavy atom. The molecule has 2 aromatic carbocycles. The zero-order chi connectivity index (χ0) is 34.4. The minimum Gasteiger partial charge on any atom is -0.496 e. The number of hydrogen-bond acceptors (Lipinski definition) is 5. The first kappa shape index (κ1) is 35.2. The molecule has 46 heavy (non-hydrogen) atoms. The summed E-state index contributed by atoms with van der Waals surface area (Å²) in [6.45, 7) is 9.36. The summed E-state index contributed by atoms with van der Waals surface area (Å²) < 4.78 is 97.6. The summed E-state index contributed by atoms with van der Waals surface area (Å²) in [5.41, 5.74) is -0.819. The Hall–Kier alpha value is -3.70. The van der Waals surface area contributed by atoms with Crippen LogP contribution in [0.4, 0.5) is 31.1 Å². The lowest BCUT2D eigenvalue weighted by molar-refractivity contribution is -0.150. The molecule has 1 amide bonds. The van der Waals surface area contributed by atoms with Crippen molar-refractivity contribution in [3.8, 4) is 5.75 Å². The Bertz CT molecular complexity index is 1490. The van der Waals surface area contributed by atoms with E-state index >= 15 is 0 Å². The maximum atomic E-state index is 13.6. The van der Waals surface area contributed by atoms with Crippen molar-refractivity contribution in [3.63, 3.8) is 0 Å². The number of esters is 1. The molecule has 0 unspecified atom stereocenters. The summed E-state index contributed by atoms with van der Waals surface area (Å²) in [7, 11) is 2.88. The van der Waals surface area contributed by atoms with Gasteiger partial charge in [-0.15, -0.1) is 0 Å². The third-order valence-corrected chi connectivity index (χ3v) is 8.84. The molecule has 12 heteroatoms. The molecule has 4 rings (SSSR count). The smallest absolute Gasteiger partial charge is 0.416 e. The number of carbonyl (C=O) groups excluding carboxylic acids is 2. The number of alkyl halides is 6. The number of allylic oxidation sites excluding steroid dienone is 1. The average Bonchev–Trinajstić information content (AvgIpc) is 3.23. The number of hydrogen-bond donors (Lipinski definition) is 0. The molecule has 0 radical (unpaired) electrons. The van der Waals surface area contributed by atoms with Gasteiger partial charge in [-0.1, -0.05) is 19.9 Å². The number of ether oxygens (including phenoxy) is 3. The number of amides is 1. The van der Waals surface area contributed by atoms with Crippen LogP contribution in [-0.4, -0.2) is 43.8 Å². The summed E-state index contributed by atoms with van der Waals surface area (Å²) in [6, 6.07) is 6.03. The summed E-state index contributed by atoms with van der Waals surface area (Å²) in [6.07, 6.45) is -9.84. The molecule has 2 aromatic rings. The summed E-state index contributed by atoms with van der Waals surface area (Å²) in [5, 5.41) is 0. The molecule has 1 fully saturated rings. The molecule has 1 saturated heterocycles. The molecule has 0 bridgehead atoms. The van der Waals surface area contributed by atoms with Gasteiger partial charge in [-0.05, 0) is 104 Å². The van der Waals surface area contributed by atoms with E-state index in [0.29, 0.717) is 37.1 Å². The van der Waals surface area contributed by atoms with E-state index in [2.05, 4.69) is 13.8 Å². The Kier molecular flexibility index (Phi) is 9.54. The first-order valence-corrected chi connectivity index (χ1v) is 14.9. The fourth-order valence-corrected chi connectivity index (χ4v) is 6.36. The Morgan fingerprint density at radius 1 is 1.00 bits per heavy atom. The first-order valence-electron chi connectivity index (χ1n) is 14.9. The fraction of sp³-hybridized carbons (Fsp3) is 0.529. The van der Waals surface area contributed by atoms with Crippen molar-refractivity contribution in [3.05, 3.63) is 69.8 Å². The second-order valence-corrected chi connectivity index (χ2v) is 13.5. The molecule has 0 N–H and O–H groups in total. The molecule has 1 aliphatic carbocycles. The summed E-state index contributed by atoms with van der Waals surface area (Å²) in [4.78, 5) is 26.9. The average molecular weight is 656 g/mol. The van der Waals surface area contributed by atoms with Crippen LogP contribution in [0.2, 0.25) is 0 Å². The van der Waals surface area contributed by atoms with E-state index in [9.17, 15) is 35.9 Å². The predicted molar refractivity (Wildman–Crippen MR) is 159 cm³/mol. The maximum Gasteiger partial charge on any atom is 0.416 e. The van der Waals surface area contributed by atoms with E-state index in [0.717, 1.165) is 28.7 Å². The monoisotopic (exact) mass is 655 g/mol. The van der Waals surface area contributed by atoms with Gasteiger partial charge >= 0.3 is 24.4 Å². The zero-order valence-corrected chi connectivity index (χ0v) is 26.9. The number of cyclic esters (lactones) is 1. The van der Waals surface area contributed by atoms with Crippen LogP contribution in [0.25, 0.3) is 5.57 Å². The molecule has 2 aliphatic rings. The van der Waals surface area contributed by atoms with E-state index in [1.165, 1.54) is 12.0 Å². The van der Waals surface area contributed by atoms with Crippen molar-refractivity contribution in [1.29, 1.82) is 0 Å². The van der Waals surface area contributed by atoms with Crippen LogP contribution >= 0.6 is 0 Å². The van der Waals surface area contributed by atoms with E-state index in [4.69, 9.17) is 14.2 Å². The topological polar surface area (TPSA) is 65.1 Å². The van der Waals surface area contributed by atoms with Crippen molar-refractivity contribution in [2.24, 2.45) is 10.8 Å². The maximum absolute atomic E-state index is 13.6. The van der Waals surface area contributed by atoms with Crippen LogP contribution in [-0.2, 0) is 33.0 Å². The minimum atomic E-state index is -5.03. The van der Waals surface area contributed by atoms with Crippen LogP contribution in [0.5, 0.6) is 5.75 Å². The van der Waals surface area contributed by atoms with Gasteiger partial charge in [-0.2, -0.15) is 26.3 Å². The van der Waals surface area contributed by atoms with Crippen LogP contribution in [0.15, 0.2) is 42.0 Å². The lowest BCUT2D eigenvalue weighted by Gasteiger charge is -2.36. The molecule has 0 aromatic heterocycles. The third kappa shape index (κ3) is 7.47. The molecular weight excluding hydrogens is 616 g/mol. The Morgan fingerprint density at radius 2 is 1.61 bits per heavy atom. The second kappa shape index (κ2) is 12.5. The molecule has 2 atom stereocenters. The number of carbonyl (C=O) groups is 2. The van der Waals surface area contributed by atoms with E-state index in [1.54, 1.807) is 27.9 Å². The molecule has 252 valence electrons. The van der Waals surface area contributed by atoms with Gasteiger partial charge in [-0.3, -0.25) is 9.69 Å². The minimum absolute atomic E-state index is 0.0533. The summed E-state index contributed by atoms with van der Waals surface area (Å²) in [5.74, 6) is 0.230. The van der Waals surface area contributed by atoms with Crippen molar-refractivity contribution in [1.82, 2.24) is 4.90 Å². The molecule has 0 saturated carbocycles. The van der Waals surface area contributed by atoms with Crippen molar-refractivity contribution in [2.45, 2.75) is 84.8 Å². The normalized spacial score (nSPS) is 20.5. The lowest BCUT2D eigenvalue weighted by Crippen LogP contribution is -2.35. The van der Waals surface area contributed by atoms with Crippen LogP contribution in [0.1, 0.15) is 87.8 Å². The zero-order valence-electron chi connectivity index (χ0n) is 26.9. The van der Waals surface area contributed by atoms with Gasteiger partial charge in [0.2, 0.25) is 0 Å². The number of nitrogens with zero attached hydrogens (tertiary/aromatic N) is 1. The highest BCUT2D eigenvalue weighted by atomic mass is 19.4. The quantitative estimate of drug-likeness (QED) is 0.210. The summed E-state index contributed by atoms with van der Waals surface area (Å²) >= 11 is 0. The Balaban J connectivity index is 1.74. The number of rotatable bonds is 8. The second-order valence-electron chi connectivity index (χ2n) is 13.5. The number of methoxy groups -OCH3 is 2. The fourth-order valence-electron chi connectivity index (χ4n) is 6.36. The van der Waals surface area contributed by atoms with Gasteiger partial charge in [0.15, 0.2) is 0 Å². The Labute approximate surface area is 264 Å². The van der Waals surface area contributed by atoms with Gasteiger partial charge in [0, 0.05) is 12.1 Å². The van der Waals surface area contributed by atoms with Crippen molar-refractivity contribution in [2.75, 3.05) is 20.8 Å². The van der Waals surface area contributed by atoms with E-state index in [1.807, 2.05) is 18.2 Å². The van der Waals surface area contributed by atoms with E-state index in [-0.39, 0.29) is 29.6 Å². The molecule has 0 spiro atoms. The molecule has 1 heterocycles. The number of benzene rings is 2. The number of halogens is 6. The SMILES string of the molecule is COC(=O)C(C)(C)Cc1ccc(OC)c(C2=C(CN3C(=O)O[C@H](c4cc(C(F)(F)F)cc(C(F)(F)F)c4)[C@@H]3C)CC(C)(C)CC2)c1. The largest absolute Gasteiger partial charge is 0.496 e. The third-order valence-electron chi connectivity index (χ3n) is 8.84.